The molecule has 0 radical (unpaired) electrons. The van der Waals surface area contributed by atoms with Gasteiger partial charge in [0.2, 0.25) is 5.82 Å². The summed E-state index contributed by atoms with van der Waals surface area (Å²) in [6.07, 6.45) is -0.660. The zero-order chi connectivity index (χ0) is 19.4. The van der Waals surface area contributed by atoms with Gasteiger partial charge < -0.3 is 4.74 Å². The lowest BCUT2D eigenvalue weighted by Gasteiger charge is -2.26. The fourth-order valence-corrected chi connectivity index (χ4v) is 3.34. The highest BCUT2D eigenvalue weighted by Gasteiger charge is 2.58. The summed E-state index contributed by atoms with van der Waals surface area (Å²) in [5.41, 5.74) is -4.29. The molecule has 26 heavy (non-hydrogen) atoms. The molecule has 0 saturated heterocycles. The molecule has 0 aliphatic heterocycles. The van der Waals surface area contributed by atoms with E-state index in [0.717, 1.165) is 7.11 Å². The molecule has 2 aromatic rings. The smallest absolute Gasteiger partial charge is 0.324 e. The van der Waals surface area contributed by atoms with E-state index in [1.54, 1.807) is 0 Å². The van der Waals surface area contributed by atoms with Crippen molar-refractivity contribution in [3.8, 4) is 0 Å². The van der Waals surface area contributed by atoms with Gasteiger partial charge in [0, 0.05) is 17.0 Å². The molecule has 1 aliphatic carbocycles. The van der Waals surface area contributed by atoms with E-state index in [1.165, 1.54) is 18.2 Å². The number of Topliss-reactive ketones (excluding diaryl/α,β-unsaturated/α-hetero) is 1. The van der Waals surface area contributed by atoms with Crippen molar-refractivity contribution < 1.29 is 36.3 Å². The maximum absolute atomic E-state index is 14.4. The predicted octanol–water partition coefficient (Wildman–Crippen LogP) is 3.89. The van der Waals surface area contributed by atoms with Crippen LogP contribution in [0.3, 0.4) is 0 Å². The summed E-state index contributed by atoms with van der Waals surface area (Å²) in [4.78, 5) is 25.2. The second-order valence-corrected chi connectivity index (χ2v) is 6.09. The molecule has 9 heteroatoms. The second-order valence-electron chi connectivity index (χ2n) is 5.65. The third-order valence-electron chi connectivity index (χ3n) is 4.33. The van der Waals surface area contributed by atoms with Gasteiger partial charge in [-0.3, -0.25) is 9.59 Å². The quantitative estimate of drug-likeness (QED) is 0.257. The van der Waals surface area contributed by atoms with Crippen molar-refractivity contribution in [2.45, 2.75) is 11.8 Å². The van der Waals surface area contributed by atoms with Crippen LogP contribution in [0.2, 0.25) is 5.02 Å². The van der Waals surface area contributed by atoms with Crippen molar-refractivity contribution in [3.05, 3.63) is 69.0 Å². The van der Waals surface area contributed by atoms with Crippen LogP contribution in [0.1, 0.15) is 21.5 Å². The second kappa shape index (κ2) is 6.05. The number of benzene rings is 2. The number of ketones is 1. The summed E-state index contributed by atoms with van der Waals surface area (Å²) in [6, 6.07) is 3.77. The lowest BCUT2D eigenvalue weighted by atomic mass is 9.76. The van der Waals surface area contributed by atoms with Crippen LogP contribution in [0.25, 0.3) is 0 Å². The van der Waals surface area contributed by atoms with Crippen LogP contribution >= 0.6 is 11.6 Å². The van der Waals surface area contributed by atoms with Gasteiger partial charge in [0.15, 0.2) is 34.5 Å². The maximum atomic E-state index is 14.4. The van der Waals surface area contributed by atoms with E-state index >= 15 is 0 Å². The van der Waals surface area contributed by atoms with Crippen molar-refractivity contribution in [1.29, 1.82) is 0 Å². The molecule has 0 heterocycles. The van der Waals surface area contributed by atoms with E-state index in [-0.39, 0.29) is 16.1 Å². The van der Waals surface area contributed by atoms with Gasteiger partial charge in [0.25, 0.3) is 0 Å². The van der Waals surface area contributed by atoms with E-state index < -0.39 is 58.2 Å². The molecule has 3 nitrogen and oxygen atoms in total. The molecular weight excluding hydrogens is 383 g/mol. The normalized spacial score (nSPS) is 18.8. The zero-order valence-electron chi connectivity index (χ0n) is 12.9. The molecule has 136 valence electrons. The summed E-state index contributed by atoms with van der Waals surface area (Å²) < 4.78 is 73.9. The first-order valence-corrected chi connectivity index (χ1v) is 7.48. The van der Waals surface area contributed by atoms with Gasteiger partial charge in [-0.2, -0.15) is 0 Å². The zero-order valence-corrected chi connectivity index (χ0v) is 13.7. The summed E-state index contributed by atoms with van der Waals surface area (Å²) in [7, 11) is 0.833. The Morgan fingerprint density at radius 1 is 1.04 bits per heavy atom. The molecule has 1 atom stereocenters. The highest BCUT2D eigenvalue weighted by molar-refractivity contribution is 6.31. The molecular formula is C17H8ClF5O3. The highest BCUT2D eigenvalue weighted by Crippen LogP contribution is 2.44. The van der Waals surface area contributed by atoms with E-state index in [4.69, 9.17) is 11.6 Å². The first kappa shape index (κ1) is 18.3. The van der Waals surface area contributed by atoms with E-state index in [0.29, 0.717) is 0 Å². The van der Waals surface area contributed by atoms with Crippen molar-refractivity contribution in [3.63, 3.8) is 0 Å². The van der Waals surface area contributed by atoms with Gasteiger partial charge in [0.05, 0.1) is 12.7 Å². The summed E-state index contributed by atoms with van der Waals surface area (Å²) in [5, 5.41) is 0.162. The van der Waals surface area contributed by atoms with Crippen molar-refractivity contribution >= 4 is 23.4 Å². The number of hydrogen-bond donors (Lipinski definition) is 0. The molecule has 0 spiro atoms. The van der Waals surface area contributed by atoms with Crippen molar-refractivity contribution in [2.75, 3.05) is 7.11 Å². The number of esters is 1. The Morgan fingerprint density at radius 3 is 2.12 bits per heavy atom. The largest absolute Gasteiger partial charge is 0.468 e. The average Bonchev–Trinajstić information content (AvgIpc) is 2.90. The monoisotopic (exact) mass is 390 g/mol. The molecule has 1 aliphatic rings. The Bertz CT molecular complexity index is 946. The molecule has 0 fully saturated rings. The fraction of sp³-hybridized carbons (Fsp3) is 0.176. The van der Waals surface area contributed by atoms with Gasteiger partial charge in [-0.15, -0.1) is 0 Å². The Morgan fingerprint density at radius 2 is 1.58 bits per heavy atom. The lowest BCUT2D eigenvalue weighted by Crippen LogP contribution is -2.45. The molecule has 2 aromatic carbocycles. The van der Waals surface area contributed by atoms with Gasteiger partial charge >= 0.3 is 5.97 Å². The summed E-state index contributed by atoms with van der Waals surface area (Å²) in [5.74, 6) is -14.0. The fourth-order valence-electron chi connectivity index (χ4n) is 3.15. The Hall–Kier alpha value is -2.48. The minimum absolute atomic E-state index is 0.122. The van der Waals surface area contributed by atoms with Gasteiger partial charge in [-0.1, -0.05) is 11.6 Å². The molecule has 0 N–H and O–H groups in total. The SMILES string of the molecule is COC(=O)C1(c2c(F)c(F)c(F)c(F)c2F)Cc2cc(Cl)ccc2C1=O. The van der Waals surface area contributed by atoms with Crippen LogP contribution < -0.4 is 0 Å². The van der Waals surface area contributed by atoms with Gasteiger partial charge in [0.1, 0.15) is 0 Å². The topological polar surface area (TPSA) is 43.4 Å². The van der Waals surface area contributed by atoms with Crippen LogP contribution in [-0.2, 0) is 21.4 Å². The Kier molecular flexibility index (Phi) is 4.26. The number of carbonyl (C=O) groups is 2. The Labute approximate surface area is 148 Å². The third-order valence-corrected chi connectivity index (χ3v) is 4.56. The molecule has 0 saturated carbocycles. The standard InChI is InChI=1S/C17H8ClF5O3/c1-26-16(25)17(5-6-4-7(18)2-3-8(6)15(17)24)9-10(19)12(21)14(23)13(22)11(9)20/h2-4H,5H2,1H3. The van der Waals surface area contributed by atoms with Crippen LogP contribution in [-0.4, -0.2) is 18.9 Å². The first-order chi connectivity index (χ1) is 12.2. The Balaban J connectivity index is 2.39. The molecule has 0 amide bonds. The maximum Gasteiger partial charge on any atom is 0.324 e. The number of ether oxygens (including phenoxy) is 1. The van der Waals surface area contributed by atoms with Crippen LogP contribution in [0, 0.1) is 29.1 Å². The van der Waals surface area contributed by atoms with Crippen molar-refractivity contribution in [1.82, 2.24) is 0 Å². The highest BCUT2D eigenvalue weighted by atomic mass is 35.5. The number of carbonyl (C=O) groups excluding carboxylic acids is 2. The van der Waals surface area contributed by atoms with Gasteiger partial charge in [-0.05, 0) is 23.8 Å². The number of halogens is 6. The predicted molar refractivity (Wildman–Crippen MR) is 79.4 cm³/mol. The summed E-state index contributed by atoms with van der Waals surface area (Å²) in [6.45, 7) is 0. The minimum atomic E-state index is -2.74. The lowest BCUT2D eigenvalue weighted by molar-refractivity contribution is -0.145. The van der Waals surface area contributed by atoms with Gasteiger partial charge in [-0.25, -0.2) is 22.0 Å². The first-order valence-electron chi connectivity index (χ1n) is 7.10. The number of methoxy groups -OCH3 is 1. The molecule has 0 bridgehead atoms. The minimum Gasteiger partial charge on any atom is -0.468 e. The summed E-state index contributed by atoms with van der Waals surface area (Å²) >= 11 is 5.81. The number of rotatable bonds is 2. The molecule has 0 aromatic heterocycles. The third kappa shape index (κ3) is 2.25. The average molecular weight is 391 g/mol. The van der Waals surface area contributed by atoms with Crippen LogP contribution in [0.15, 0.2) is 18.2 Å². The number of hydrogen-bond acceptors (Lipinski definition) is 3. The number of fused-ring (bicyclic) bond motifs is 1. The van der Waals surface area contributed by atoms with E-state index in [9.17, 15) is 31.5 Å². The van der Waals surface area contributed by atoms with Crippen LogP contribution in [0.5, 0.6) is 0 Å². The molecule has 3 rings (SSSR count). The van der Waals surface area contributed by atoms with Crippen LogP contribution in [0.4, 0.5) is 22.0 Å². The van der Waals surface area contributed by atoms with E-state index in [2.05, 4.69) is 4.74 Å². The molecule has 1 unspecified atom stereocenters. The van der Waals surface area contributed by atoms with Crippen molar-refractivity contribution in [2.24, 2.45) is 0 Å². The van der Waals surface area contributed by atoms with E-state index in [1.807, 2.05) is 0 Å².